The Kier molecular flexibility index (Phi) is 4.76. The molecule has 0 unspecified atom stereocenters. The van der Waals surface area contributed by atoms with E-state index in [0.717, 1.165) is 11.3 Å². The molecule has 0 aliphatic heterocycles. The van der Waals surface area contributed by atoms with Crippen molar-refractivity contribution in [3.05, 3.63) is 60.7 Å². The molecule has 0 saturated heterocycles. The van der Waals surface area contributed by atoms with Gasteiger partial charge in [-0.25, -0.2) is 4.68 Å². The van der Waals surface area contributed by atoms with E-state index in [0.29, 0.717) is 12.3 Å². The van der Waals surface area contributed by atoms with E-state index in [-0.39, 0.29) is 5.91 Å². The Hall–Kier alpha value is -3.29. The molecular formula is C16H16N6O2. The molecule has 2 aromatic heterocycles. The van der Waals surface area contributed by atoms with E-state index in [1.54, 1.807) is 31.5 Å². The Morgan fingerprint density at radius 1 is 1.21 bits per heavy atom. The lowest BCUT2D eigenvalue weighted by atomic mass is 10.2. The first kappa shape index (κ1) is 15.6. The summed E-state index contributed by atoms with van der Waals surface area (Å²) in [5.41, 5.74) is 1.79. The first-order valence-corrected chi connectivity index (χ1v) is 7.39. The Bertz CT molecular complexity index is 774. The Morgan fingerprint density at radius 2 is 1.96 bits per heavy atom. The molecule has 1 amide bonds. The normalized spacial score (nSPS) is 11.7. The standard InChI is InChI=1S/C16H16N6O2/c1-12(16(23)18-10-13-6-8-17-9-7-13)24-15-4-2-14(3-5-15)22-11-19-20-21-22/h2-9,11-12H,10H2,1H3,(H,18,23)/t12-/m0/s1. The summed E-state index contributed by atoms with van der Waals surface area (Å²) in [6.07, 6.45) is 4.28. The van der Waals surface area contributed by atoms with Crippen LogP contribution in [0.5, 0.6) is 5.75 Å². The van der Waals surface area contributed by atoms with Crippen LogP contribution in [0.4, 0.5) is 0 Å². The minimum absolute atomic E-state index is 0.184. The average molecular weight is 324 g/mol. The summed E-state index contributed by atoms with van der Waals surface area (Å²) < 4.78 is 7.19. The molecule has 2 heterocycles. The molecule has 24 heavy (non-hydrogen) atoms. The van der Waals surface area contributed by atoms with Crippen molar-refractivity contribution in [2.45, 2.75) is 19.6 Å². The molecule has 0 fully saturated rings. The van der Waals surface area contributed by atoms with Crippen LogP contribution in [0.25, 0.3) is 5.69 Å². The van der Waals surface area contributed by atoms with Crippen LogP contribution in [0.2, 0.25) is 0 Å². The molecule has 0 bridgehead atoms. The zero-order valence-electron chi connectivity index (χ0n) is 13.0. The van der Waals surface area contributed by atoms with Gasteiger partial charge in [-0.2, -0.15) is 0 Å². The Morgan fingerprint density at radius 3 is 2.62 bits per heavy atom. The minimum atomic E-state index is -0.606. The van der Waals surface area contributed by atoms with Gasteiger partial charge in [0.25, 0.3) is 5.91 Å². The van der Waals surface area contributed by atoms with Crippen molar-refractivity contribution in [2.24, 2.45) is 0 Å². The van der Waals surface area contributed by atoms with Crippen LogP contribution >= 0.6 is 0 Å². The number of carbonyl (C=O) groups excluding carboxylic acids is 1. The number of ether oxygens (including phenoxy) is 1. The lowest BCUT2D eigenvalue weighted by molar-refractivity contribution is -0.127. The topological polar surface area (TPSA) is 94.8 Å². The monoisotopic (exact) mass is 324 g/mol. The molecule has 0 radical (unpaired) electrons. The SMILES string of the molecule is C[C@H](Oc1ccc(-n2cnnn2)cc1)C(=O)NCc1ccncc1. The van der Waals surface area contributed by atoms with Crippen LogP contribution in [0.15, 0.2) is 55.1 Å². The number of tetrazole rings is 1. The molecule has 0 aliphatic carbocycles. The summed E-state index contributed by atoms with van der Waals surface area (Å²) in [6.45, 7) is 2.14. The van der Waals surface area contributed by atoms with Crippen molar-refractivity contribution in [1.29, 1.82) is 0 Å². The summed E-state index contributed by atoms with van der Waals surface area (Å²) in [7, 11) is 0. The molecule has 1 aromatic carbocycles. The number of aromatic nitrogens is 5. The van der Waals surface area contributed by atoms with Crippen LogP contribution in [0, 0.1) is 0 Å². The van der Waals surface area contributed by atoms with E-state index in [9.17, 15) is 4.79 Å². The van der Waals surface area contributed by atoms with Gasteiger partial charge < -0.3 is 10.1 Å². The highest BCUT2D eigenvalue weighted by Crippen LogP contribution is 2.15. The third kappa shape index (κ3) is 3.92. The van der Waals surface area contributed by atoms with E-state index >= 15 is 0 Å². The van der Waals surface area contributed by atoms with Crippen LogP contribution in [-0.4, -0.2) is 37.2 Å². The highest BCUT2D eigenvalue weighted by Gasteiger charge is 2.14. The molecule has 8 heteroatoms. The van der Waals surface area contributed by atoms with E-state index in [1.165, 1.54) is 11.0 Å². The van der Waals surface area contributed by atoms with Crippen molar-refractivity contribution in [3.8, 4) is 11.4 Å². The van der Waals surface area contributed by atoms with Gasteiger partial charge in [0.15, 0.2) is 6.10 Å². The summed E-state index contributed by atoms with van der Waals surface area (Å²) in [5.74, 6) is 0.412. The number of amides is 1. The van der Waals surface area contributed by atoms with Crippen molar-refractivity contribution in [1.82, 2.24) is 30.5 Å². The van der Waals surface area contributed by atoms with Gasteiger partial charge in [-0.05, 0) is 59.3 Å². The number of benzene rings is 1. The number of hydrogen-bond acceptors (Lipinski definition) is 6. The number of pyridine rings is 1. The van der Waals surface area contributed by atoms with E-state index in [4.69, 9.17) is 4.74 Å². The number of nitrogens with one attached hydrogen (secondary N) is 1. The Labute approximate surface area is 138 Å². The molecular weight excluding hydrogens is 308 g/mol. The van der Waals surface area contributed by atoms with Crippen LogP contribution in [-0.2, 0) is 11.3 Å². The van der Waals surface area contributed by atoms with Gasteiger partial charge >= 0.3 is 0 Å². The molecule has 1 N–H and O–H groups in total. The van der Waals surface area contributed by atoms with Gasteiger partial charge in [-0.15, -0.1) is 5.10 Å². The molecule has 3 aromatic rings. The fourth-order valence-electron chi connectivity index (χ4n) is 2.05. The number of hydrogen-bond donors (Lipinski definition) is 1. The first-order chi connectivity index (χ1) is 11.7. The lowest BCUT2D eigenvalue weighted by Crippen LogP contribution is -2.35. The van der Waals surface area contributed by atoms with Crippen molar-refractivity contribution in [2.75, 3.05) is 0 Å². The van der Waals surface area contributed by atoms with Crippen molar-refractivity contribution in [3.63, 3.8) is 0 Å². The van der Waals surface area contributed by atoms with E-state index in [1.807, 2.05) is 24.3 Å². The summed E-state index contributed by atoms with van der Waals surface area (Å²) in [5, 5.41) is 13.8. The van der Waals surface area contributed by atoms with Crippen LogP contribution < -0.4 is 10.1 Å². The largest absolute Gasteiger partial charge is 0.481 e. The molecule has 0 aliphatic rings. The summed E-state index contributed by atoms with van der Waals surface area (Å²) in [6, 6.07) is 10.9. The molecule has 8 nitrogen and oxygen atoms in total. The van der Waals surface area contributed by atoms with E-state index in [2.05, 4.69) is 25.8 Å². The van der Waals surface area contributed by atoms with Gasteiger partial charge in [0.2, 0.25) is 0 Å². The molecule has 0 saturated carbocycles. The summed E-state index contributed by atoms with van der Waals surface area (Å²) in [4.78, 5) is 16.0. The van der Waals surface area contributed by atoms with Gasteiger partial charge in [-0.1, -0.05) is 0 Å². The fraction of sp³-hybridized carbons (Fsp3) is 0.188. The van der Waals surface area contributed by atoms with Gasteiger partial charge in [-0.3, -0.25) is 9.78 Å². The number of nitrogens with zero attached hydrogens (tertiary/aromatic N) is 5. The highest BCUT2D eigenvalue weighted by atomic mass is 16.5. The van der Waals surface area contributed by atoms with Gasteiger partial charge in [0, 0.05) is 18.9 Å². The first-order valence-electron chi connectivity index (χ1n) is 7.39. The third-order valence-corrected chi connectivity index (χ3v) is 3.35. The second-order valence-corrected chi connectivity index (χ2v) is 5.08. The second kappa shape index (κ2) is 7.32. The van der Waals surface area contributed by atoms with Crippen molar-refractivity contribution < 1.29 is 9.53 Å². The fourth-order valence-corrected chi connectivity index (χ4v) is 2.05. The smallest absolute Gasteiger partial charge is 0.261 e. The minimum Gasteiger partial charge on any atom is -0.481 e. The van der Waals surface area contributed by atoms with Crippen LogP contribution in [0.1, 0.15) is 12.5 Å². The zero-order valence-corrected chi connectivity index (χ0v) is 13.0. The average Bonchev–Trinajstić information content (AvgIpc) is 3.16. The highest BCUT2D eigenvalue weighted by molar-refractivity contribution is 5.80. The van der Waals surface area contributed by atoms with Gasteiger partial charge in [0.1, 0.15) is 12.1 Å². The predicted octanol–water partition coefficient (Wildman–Crippen LogP) is 1.14. The maximum atomic E-state index is 12.1. The molecule has 122 valence electrons. The maximum absolute atomic E-state index is 12.1. The van der Waals surface area contributed by atoms with Crippen molar-refractivity contribution >= 4 is 5.91 Å². The number of carbonyl (C=O) groups is 1. The number of rotatable bonds is 6. The predicted molar refractivity (Wildman–Crippen MR) is 85.3 cm³/mol. The quantitative estimate of drug-likeness (QED) is 0.730. The maximum Gasteiger partial charge on any atom is 0.261 e. The van der Waals surface area contributed by atoms with Crippen LogP contribution in [0.3, 0.4) is 0 Å². The van der Waals surface area contributed by atoms with E-state index < -0.39 is 6.10 Å². The Balaban J connectivity index is 1.54. The van der Waals surface area contributed by atoms with Gasteiger partial charge in [0.05, 0.1) is 5.69 Å². The third-order valence-electron chi connectivity index (χ3n) is 3.35. The zero-order chi connectivity index (χ0) is 16.8. The summed E-state index contributed by atoms with van der Waals surface area (Å²) >= 11 is 0. The second-order valence-electron chi connectivity index (χ2n) is 5.08. The molecule has 1 atom stereocenters. The molecule has 3 rings (SSSR count). The lowest BCUT2D eigenvalue weighted by Gasteiger charge is -2.15. The molecule has 0 spiro atoms.